The zero-order valence-corrected chi connectivity index (χ0v) is 9.35. The molecule has 90 valence electrons. The van der Waals surface area contributed by atoms with Crippen molar-refractivity contribution in [2.24, 2.45) is 5.92 Å². The fraction of sp³-hybridized carbons (Fsp3) is 1.00. The second kappa shape index (κ2) is 5.16. The maximum atomic E-state index is 12.1. The van der Waals surface area contributed by atoms with E-state index in [4.69, 9.17) is 0 Å². The molecule has 0 N–H and O–H groups in total. The molecule has 0 aromatic heterocycles. The van der Waals surface area contributed by atoms with Crippen LogP contribution in [0.1, 0.15) is 12.8 Å². The monoisotopic (exact) mass is 224 g/mol. The first-order valence-electron chi connectivity index (χ1n) is 5.30. The standard InChI is InChI=1S/C10H19F3N2/c1-14-5-3-4-9(6-14)7-15(2)8-10(11,12)13/h9H,3-8H2,1-2H3. The quantitative estimate of drug-likeness (QED) is 0.721. The summed E-state index contributed by atoms with van der Waals surface area (Å²) in [5.74, 6) is 0.385. The van der Waals surface area contributed by atoms with E-state index in [-0.39, 0.29) is 0 Å². The van der Waals surface area contributed by atoms with E-state index in [2.05, 4.69) is 4.90 Å². The smallest absolute Gasteiger partial charge is 0.306 e. The molecule has 0 saturated carbocycles. The number of hydrogen-bond donors (Lipinski definition) is 0. The lowest BCUT2D eigenvalue weighted by Crippen LogP contribution is -2.40. The van der Waals surface area contributed by atoms with Crippen LogP contribution in [0.2, 0.25) is 0 Å². The summed E-state index contributed by atoms with van der Waals surface area (Å²) in [6.45, 7) is 1.73. The van der Waals surface area contributed by atoms with Gasteiger partial charge in [-0.2, -0.15) is 13.2 Å². The van der Waals surface area contributed by atoms with Gasteiger partial charge in [-0.25, -0.2) is 0 Å². The average Bonchev–Trinajstić information content (AvgIpc) is 1.99. The molecule has 1 aliphatic rings. The van der Waals surface area contributed by atoms with E-state index in [1.54, 1.807) is 7.05 Å². The van der Waals surface area contributed by atoms with Gasteiger partial charge in [-0.05, 0) is 39.4 Å². The van der Waals surface area contributed by atoms with Gasteiger partial charge in [0, 0.05) is 13.1 Å². The molecule has 0 amide bonds. The largest absolute Gasteiger partial charge is 0.401 e. The molecule has 2 nitrogen and oxygen atoms in total. The van der Waals surface area contributed by atoms with Crippen molar-refractivity contribution >= 4 is 0 Å². The number of halogens is 3. The van der Waals surface area contributed by atoms with Crippen LogP contribution in [0.5, 0.6) is 0 Å². The third-order valence-electron chi connectivity index (χ3n) is 2.74. The lowest BCUT2D eigenvalue weighted by Gasteiger charge is -2.32. The lowest BCUT2D eigenvalue weighted by molar-refractivity contribution is -0.144. The second-order valence-corrected chi connectivity index (χ2v) is 4.58. The van der Waals surface area contributed by atoms with Gasteiger partial charge in [-0.1, -0.05) is 0 Å². The van der Waals surface area contributed by atoms with Crippen molar-refractivity contribution in [2.75, 3.05) is 40.3 Å². The SMILES string of the molecule is CN1CCCC(CN(C)CC(F)(F)F)C1. The number of alkyl halides is 3. The summed E-state index contributed by atoms with van der Waals surface area (Å²) < 4.78 is 36.3. The van der Waals surface area contributed by atoms with Crippen molar-refractivity contribution in [3.8, 4) is 0 Å². The molecular formula is C10H19F3N2. The molecule has 0 aliphatic carbocycles. The van der Waals surface area contributed by atoms with Gasteiger partial charge >= 0.3 is 6.18 Å². The number of likely N-dealkylation sites (tertiary alicyclic amines) is 1. The van der Waals surface area contributed by atoms with Crippen molar-refractivity contribution in [2.45, 2.75) is 19.0 Å². The van der Waals surface area contributed by atoms with Crippen LogP contribution in [-0.2, 0) is 0 Å². The second-order valence-electron chi connectivity index (χ2n) is 4.58. The van der Waals surface area contributed by atoms with Crippen molar-refractivity contribution in [3.05, 3.63) is 0 Å². The average molecular weight is 224 g/mol. The van der Waals surface area contributed by atoms with Gasteiger partial charge in [0.15, 0.2) is 0 Å². The van der Waals surface area contributed by atoms with Gasteiger partial charge in [0.25, 0.3) is 0 Å². The minimum absolute atomic E-state index is 0.385. The fourth-order valence-corrected chi connectivity index (χ4v) is 2.23. The Morgan fingerprint density at radius 3 is 2.60 bits per heavy atom. The normalized spacial score (nSPS) is 24.8. The van der Waals surface area contributed by atoms with Crippen molar-refractivity contribution in [1.82, 2.24) is 9.80 Å². The lowest BCUT2D eigenvalue weighted by atomic mass is 9.98. The summed E-state index contributed by atoms with van der Waals surface area (Å²) in [4.78, 5) is 3.57. The molecule has 0 bridgehead atoms. The highest BCUT2D eigenvalue weighted by Gasteiger charge is 2.30. The number of piperidine rings is 1. The molecule has 15 heavy (non-hydrogen) atoms. The first-order chi connectivity index (χ1) is 6.87. The number of nitrogens with zero attached hydrogens (tertiary/aromatic N) is 2. The summed E-state index contributed by atoms with van der Waals surface area (Å²) in [6, 6.07) is 0. The molecule has 1 atom stereocenters. The van der Waals surface area contributed by atoms with Gasteiger partial charge in [0.05, 0.1) is 6.54 Å². The predicted octanol–water partition coefficient (Wildman–Crippen LogP) is 1.82. The number of rotatable bonds is 3. The summed E-state index contributed by atoms with van der Waals surface area (Å²) >= 11 is 0. The molecule has 0 radical (unpaired) electrons. The maximum absolute atomic E-state index is 12.1. The molecule has 1 heterocycles. The Morgan fingerprint density at radius 1 is 1.40 bits per heavy atom. The first-order valence-corrected chi connectivity index (χ1v) is 5.30. The Bertz CT molecular complexity index is 194. The Balaban J connectivity index is 2.28. The van der Waals surface area contributed by atoms with Crippen LogP contribution in [0, 0.1) is 5.92 Å². The van der Waals surface area contributed by atoms with Crippen molar-refractivity contribution < 1.29 is 13.2 Å². The molecule has 5 heteroatoms. The highest BCUT2D eigenvalue weighted by Crippen LogP contribution is 2.19. The van der Waals surface area contributed by atoms with E-state index in [1.807, 2.05) is 7.05 Å². The summed E-state index contributed by atoms with van der Waals surface area (Å²) in [7, 11) is 3.57. The van der Waals surface area contributed by atoms with E-state index in [0.29, 0.717) is 12.5 Å². The minimum atomic E-state index is -4.07. The molecular weight excluding hydrogens is 205 g/mol. The molecule has 1 saturated heterocycles. The van der Waals surface area contributed by atoms with Crippen LogP contribution < -0.4 is 0 Å². The maximum Gasteiger partial charge on any atom is 0.401 e. The van der Waals surface area contributed by atoms with Crippen molar-refractivity contribution in [1.29, 1.82) is 0 Å². The third kappa shape index (κ3) is 5.37. The van der Waals surface area contributed by atoms with Crippen LogP contribution in [0.25, 0.3) is 0 Å². The van der Waals surface area contributed by atoms with Gasteiger partial charge in [0.2, 0.25) is 0 Å². The van der Waals surface area contributed by atoms with Crippen LogP contribution in [-0.4, -0.2) is 56.3 Å². The summed E-state index contributed by atoms with van der Waals surface area (Å²) in [5, 5.41) is 0. The van der Waals surface area contributed by atoms with Crippen molar-refractivity contribution in [3.63, 3.8) is 0 Å². The molecule has 1 aliphatic heterocycles. The molecule has 0 aromatic rings. The van der Waals surface area contributed by atoms with Crippen LogP contribution in [0.3, 0.4) is 0 Å². The molecule has 1 unspecified atom stereocenters. The Morgan fingerprint density at radius 2 is 2.07 bits per heavy atom. The fourth-order valence-electron chi connectivity index (χ4n) is 2.23. The van der Waals surface area contributed by atoms with Crippen LogP contribution >= 0.6 is 0 Å². The van der Waals surface area contributed by atoms with Crippen LogP contribution in [0.15, 0.2) is 0 Å². The van der Waals surface area contributed by atoms with E-state index in [1.165, 1.54) is 4.90 Å². The Kier molecular flexibility index (Phi) is 4.40. The Hall–Kier alpha value is -0.290. The van der Waals surface area contributed by atoms with Gasteiger partial charge in [0.1, 0.15) is 0 Å². The van der Waals surface area contributed by atoms with Crippen LogP contribution in [0.4, 0.5) is 13.2 Å². The molecule has 0 spiro atoms. The highest BCUT2D eigenvalue weighted by molar-refractivity contribution is 4.73. The summed E-state index contributed by atoms with van der Waals surface area (Å²) in [6.07, 6.45) is -1.93. The van der Waals surface area contributed by atoms with E-state index in [9.17, 15) is 13.2 Å². The number of hydrogen-bond acceptors (Lipinski definition) is 2. The van der Waals surface area contributed by atoms with E-state index in [0.717, 1.165) is 25.9 Å². The molecule has 1 rings (SSSR count). The zero-order chi connectivity index (χ0) is 11.5. The van der Waals surface area contributed by atoms with Gasteiger partial charge in [-0.3, -0.25) is 4.90 Å². The molecule has 1 fully saturated rings. The van der Waals surface area contributed by atoms with E-state index < -0.39 is 12.7 Å². The zero-order valence-electron chi connectivity index (χ0n) is 9.35. The minimum Gasteiger partial charge on any atom is -0.306 e. The topological polar surface area (TPSA) is 6.48 Å². The van der Waals surface area contributed by atoms with Gasteiger partial charge in [-0.15, -0.1) is 0 Å². The first kappa shape index (κ1) is 12.8. The van der Waals surface area contributed by atoms with E-state index >= 15 is 0 Å². The third-order valence-corrected chi connectivity index (χ3v) is 2.74. The summed E-state index contributed by atoms with van der Waals surface area (Å²) in [5.41, 5.74) is 0. The Labute approximate surface area is 89.0 Å². The molecule has 0 aromatic carbocycles. The highest BCUT2D eigenvalue weighted by atomic mass is 19.4. The van der Waals surface area contributed by atoms with Gasteiger partial charge < -0.3 is 4.90 Å². The predicted molar refractivity (Wildman–Crippen MR) is 53.8 cm³/mol.